The topological polar surface area (TPSA) is 26.0 Å². The van der Waals surface area contributed by atoms with Gasteiger partial charge >= 0.3 is 0 Å². The first-order valence-electron chi connectivity index (χ1n) is 5.17. The smallest absolute Gasteiger partial charge is 0.0335 e. The van der Waals surface area contributed by atoms with E-state index >= 15 is 0 Å². The van der Waals surface area contributed by atoms with Crippen LogP contribution >= 0.6 is 12.4 Å². The van der Waals surface area contributed by atoms with Gasteiger partial charge in [-0.05, 0) is 22.8 Å². The highest BCUT2D eigenvalue weighted by Gasteiger charge is 2.07. The molecule has 0 aliphatic heterocycles. The third-order valence-corrected chi connectivity index (χ3v) is 2.64. The molecule has 0 bridgehead atoms. The van der Waals surface area contributed by atoms with Crippen molar-refractivity contribution in [2.75, 3.05) is 0 Å². The van der Waals surface area contributed by atoms with Crippen LogP contribution < -0.4 is 5.73 Å². The fourth-order valence-electron chi connectivity index (χ4n) is 1.88. The maximum absolute atomic E-state index is 6.10. The van der Waals surface area contributed by atoms with Gasteiger partial charge in [0, 0.05) is 6.04 Å². The van der Waals surface area contributed by atoms with Crippen LogP contribution in [0.1, 0.15) is 18.0 Å². The van der Waals surface area contributed by atoms with Gasteiger partial charge in [-0.1, -0.05) is 48.5 Å². The highest BCUT2D eigenvalue weighted by atomic mass is 35.5. The highest BCUT2D eigenvalue weighted by molar-refractivity contribution is 5.86. The van der Waals surface area contributed by atoms with E-state index in [0.717, 1.165) is 6.42 Å². The molecule has 0 radical (unpaired) electrons. The predicted octanol–water partition coefficient (Wildman–Crippen LogP) is 3.84. The van der Waals surface area contributed by atoms with Gasteiger partial charge in [0.2, 0.25) is 0 Å². The molecule has 2 rings (SSSR count). The van der Waals surface area contributed by atoms with Gasteiger partial charge in [0.1, 0.15) is 0 Å². The third kappa shape index (κ3) is 2.43. The van der Waals surface area contributed by atoms with Crippen molar-refractivity contribution in [3.05, 3.63) is 60.7 Å². The summed E-state index contributed by atoms with van der Waals surface area (Å²) in [7, 11) is 0. The summed E-state index contributed by atoms with van der Waals surface area (Å²) in [4.78, 5) is 0. The largest absolute Gasteiger partial charge is 0.324 e. The summed E-state index contributed by atoms with van der Waals surface area (Å²) >= 11 is 0. The van der Waals surface area contributed by atoms with Crippen LogP contribution in [0.5, 0.6) is 0 Å². The number of hydrogen-bond acceptors (Lipinski definition) is 1. The number of rotatable bonds is 3. The van der Waals surface area contributed by atoms with Crippen molar-refractivity contribution < 1.29 is 0 Å². The summed E-state index contributed by atoms with van der Waals surface area (Å²) < 4.78 is 0. The maximum atomic E-state index is 6.10. The van der Waals surface area contributed by atoms with E-state index in [1.165, 1.54) is 16.3 Å². The summed E-state index contributed by atoms with van der Waals surface area (Å²) in [5.74, 6) is 0. The Labute approximate surface area is 102 Å². The van der Waals surface area contributed by atoms with Gasteiger partial charge in [-0.3, -0.25) is 0 Å². The van der Waals surface area contributed by atoms with Gasteiger partial charge in [-0.2, -0.15) is 0 Å². The molecule has 0 heterocycles. The zero-order valence-electron chi connectivity index (χ0n) is 9.10. The van der Waals surface area contributed by atoms with Crippen molar-refractivity contribution in [1.82, 2.24) is 0 Å². The molecule has 84 valence electrons. The minimum absolute atomic E-state index is 0. The Morgan fingerprint density at radius 2 is 1.81 bits per heavy atom. The van der Waals surface area contributed by atoms with Crippen molar-refractivity contribution in [1.29, 1.82) is 0 Å². The number of nitrogens with two attached hydrogens (primary N) is 1. The molecule has 0 spiro atoms. The van der Waals surface area contributed by atoms with Gasteiger partial charge in [0.25, 0.3) is 0 Å². The van der Waals surface area contributed by atoms with Crippen LogP contribution in [-0.2, 0) is 0 Å². The highest BCUT2D eigenvalue weighted by Crippen LogP contribution is 2.24. The SMILES string of the molecule is C=CC[C@@H](N)c1cccc2ccccc12.Cl. The molecule has 0 saturated carbocycles. The van der Waals surface area contributed by atoms with Crippen molar-refractivity contribution in [3.63, 3.8) is 0 Å². The first kappa shape index (κ1) is 12.8. The average molecular weight is 234 g/mol. The van der Waals surface area contributed by atoms with Gasteiger partial charge in [0.15, 0.2) is 0 Å². The van der Waals surface area contributed by atoms with Crippen LogP contribution in [0, 0.1) is 0 Å². The Kier molecular flexibility index (Phi) is 4.53. The molecule has 2 N–H and O–H groups in total. The Hall–Kier alpha value is -1.31. The monoisotopic (exact) mass is 233 g/mol. The summed E-state index contributed by atoms with van der Waals surface area (Å²) in [6, 6.07) is 14.6. The Bertz CT molecular complexity index is 474. The van der Waals surface area contributed by atoms with E-state index < -0.39 is 0 Å². The number of halogens is 1. The second kappa shape index (κ2) is 5.69. The van der Waals surface area contributed by atoms with E-state index in [1.54, 1.807) is 0 Å². The Morgan fingerprint density at radius 3 is 2.56 bits per heavy atom. The van der Waals surface area contributed by atoms with Gasteiger partial charge in [-0.25, -0.2) is 0 Å². The first-order chi connectivity index (χ1) is 7.33. The van der Waals surface area contributed by atoms with Crippen molar-refractivity contribution in [2.45, 2.75) is 12.5 Å². The van der Waals surface area contributed by atoms with Crippen molar-refractivity contribution in [3.8, 4) is 0 Å². The number of fused-ring (bicyclic) bond motifs is 1. The summed E-state index contributed by atoms with van der Waals surface area (Å²) in [6.07, 6.45) is 2.68. The second-order valence-electron chi connectivity index (χ2n) is 3.70. The molecule has 2 aromatic rings. The molecule has 0 unspecified atom stereocenters. The van der Waals surface area contributed by atoms with Gasteiger partial charge in [0.05, 0.1) is 0 Å². The van der Waals surface area contributed by atoms with Crippen LogP contribution in [-0.4, -0.2) is 0 Å². The van der Waals surface area contributed by atoms with Crippen LogP contribution in [0.4, 0.5) is 0 Å². The van der Waals surface area contributed by atoms with E-state index in [4.69, 9.17) is 5.73 Å². The molecule has 16 heavy (non-hydrogen) atoms. The van der Waals surface area contributed by atoms with E-state index in [1.807, 2.05) is 18.2 Å². The van der Waals surface area contributed by atoms with E-state index in [9.17, 15) is 0 Å². The molecular weight excluding hydrogens is 218 g/mol. The standard InChI is InChI=1S/C14H15N.ClH/c1-2-6-14(15)13-10-5-8-11-7-3-4-9-12(11)13;/h2-5,7-10,14H,1,6,15H2;1H/t14-;/m1./s1. The summed E-state index contributed by atoms with van der Waals surface area (Å²) in [6.45, 7) is 3.73. The van der Waals surface area contributed by atoms with Crippen LogP contribution in [0.15, 0.2) is 55.1 Å². The molecule has 2 aromatic carbocycles. The normalized spacial score (nSPS) is 11.8. The molecule has 0 aliphatic rings. The van der Waals surface area contributed by atoms with Crippen molar-refractivity contribution in [2.24, 2.45) is 5.73 Å². The van der Waals surface area contributed by atoms with E-state index in [2.05, 4.69) is 36.9 Å². The molecule has 2 heteroatoms. The molecule has 0 aromatic heterocycles. The molecule has 0 amide bonds. The minimum atomic E-state index is 0. The van der Waals surface area contributed by atoms with Gasteiger partial charge in [-0.15, -0.1) is 19.0 Å². The third-order valence-electron chi connectivity index (χ3n) is 2.64. The summed E-state index contributed by atoms with van der Waals surface area (Å²) in [5.41, 5.74) is 7.30. The fourth-order valence-corrected chi connectivity index (χ4v) is 1.88. The molecular formula is C14H16ClN. The van der Waals surface area contributed by atoms with Gasteiger partial charge < -0.3 is 5.73 Å². The first-order valence-corrected chi connectivity index (χ1v) is 5.17. The average Bonchev–Trinajstić information content (AvgIpc) is 2.28. The van der Waals surface area contributed by atoms with E-state index in [-0.39, 0.29) is 18.4 Å². The van der Waals surface area contributed by atoms with Crippen LogP contribution in [0.2, 0.25) is 0 Å². The fraction of sp³-hybridized carbons (Fsp3) is 0.143. The lowest BCUT2D eigenvalue weighted by Gasteiger charge is -2.12. The van der Waals surface area contributed by atoms with Crippen LogP contribution in [0.3, 0.4) is 0 Å². The predicted molar refractivity (Wildman–Crippen MR) is 72.9 cm³/mol. The van der Waals surface area contributed by atoms with E-state index in [0.29, 0.717) is 0 Å². The lowest BCUT2D eigenvalue weighted by Crippen LogP contribution is -2.09. The zero-order chi connectivity index (χ0) is 10.7. The van der Waals surface area contributed by atoms with Crippen molar-refractivity contribution >= 4 is 23.2 Å². The Balaban J connectivity index is 0.00000128. The molecule has 0 saturated heterocycles. The lowest BCUT2D eigenvalue weighted by molar-refractivity contribution is 0.748. The Morgan fingerprint density at radius 1 is 1.12 bits per heavy atom. The van der Waals surface area contributed by atoms with Crippen LogP contribution in [0.25, 0.3) is 10.8 Å². The quantitative estimate of drug-likeness (QED) is 0.801. The number of hydrogen-bond donors (Lipinski definition) is 1. The second-order valence-corrected chi connectivity index (χ2v) is 3.70. The molecule has 0 fully saturated rings. The number of benzene rings is 2. The summed E-state index contributed by atoms with van der Waals surface area (Å²) in [5, 5.41) is 2.49. The minimum Gasteiger partial charge on any atom is -0.324 e. The molecule has 1 nitrogen and oxygen atoms in total. The maximum Gasteiger partial charge on any atom is 0.0335 e. The molecule has 1 atom stereocenters. The zero-order valence-corrected chi connectivity index (χ0v) is 9.91. The lowest BCUT2D eigenvalue weighted by atomic mass is 9.97. The molecule has 0 aliphatic carbocycles.